The second kappa shape index (κ2) is 11.2. The molecule has 7 heteroatoms. The zero-order chi connectivity index (χ0) is 22.2. The summed E-state index contributed by atoms with van der Waals surface area (Å²) < 4.78 is 17.1. The number of hydrogen-bond acceptors (Lipinski definition) is 6. The highest BCUT2D eigenvalue weighted by molar-refractivity contribution is 6.32. The summed E-state index contributed by atoms with van der Waals surface area (Å²) in [5, 5.41) is 4.69. The second-order valence-electron chi connectivity index (χ2n) is 7.61. The van der Waals surface area contributed by atoms with Crippen LogP contribution in [0.4, 0.5) is 0 Å². The van der Waals surface area contributed by atoms with E-state index in [1.54, 1.807) is 6.07 Å². The predicted octanol–water partition coefficient (Wildman–Crippen LogP) is 5.91. The molecule has 0 unspecified atom stereocenters. The number of halogens is 1. The normalized spacial score (nSPS) is 11.2. The molecule has 0 aliphatic carbocycles. The molecule has 3 rings (SSSR count). The molecule has 0 saturated heterocycles. The molecule has 0 spiro atoms. The van der Waals surface area contributed by atoms with Gasteiger partial charge in [0.05, 0.1) is 17.7 Å². The Morgan fingerprint density at radius 1 is 1.10 bits per heavy atom. The topological polar surface area (TPSA) is 83.4 Å². The first-order valence-corrected chi connectivity index (χ1v) is 11.2. The van der Waals surface area contributed by atoms with Gasteiger partial charge in [-0.05, 0) is 88.0 Å². The molecule has 2 aromatic carbocycles. The highest BCUT2D eigenvalue weighted by Crippen LogP contribution is 2.32. The second-order valence-corrected chi connectivity index (χ2v) is 8.01. The fraction of sp³-hybridized carbons (Fsp3) is 0.417. The summed E-state index contributed by atoms with van der Waals surface area (Å²) in [7, 11) is 0. The third-order valence-electron chi connectivity index (χ3n) is 4.78. The molecule has 0 saturated carbocycles. The molecule has 0 aliphatic heterocycles. The van der Waals surface area contributed by atoms with Crippen molar-refractivity contribution in [1.29, 1.82) is 0 Å². The van der Waals surface area contributed by atoms with E-state index in [0.29, 0.717) is 29.1 Å². The fourth-order valence-electron chi connectivity index (χ4n) is 3.22. The minimum absolute atomic E-state index is 0.0451. The van der Waals surface area contributed by atoms with Gasteiger partial charge in [-0.2, -0.15) is 4.98 Å². The van der Waals surface area contributed by atoms with Crippen molar-refractivity contribution in [2.24, 2.45) is 5.73 Å². The van der Waals surface area contributed by atoms with Gasteiger partial charge in [0.15, 0.2) is 0 Å². The Morgan fingerprint density at radius 2 is 1.94 bits per heavy atom. The third kappa shape index (κ3) is 6.21. The average molecular weight is 444 g/mol. The van der Waals surface area contributed by atoms with Crippen molar-refractivity contribution in [2.75, 3.05) is 13.2 Å². The largest absolute Gasteiger partial charge is 0.494 e. The van der Waals surface area contributed by atoms with Crippen molar-refractivity contribution in [1.82, 2.24) is 10.1 Å². The Hall–Kier alpha value is -2.57. The zero-order valence-corrected chi connectivity index (χ0v) is 19.1. The molecule has 0 amide bonds. The fourth-order valence-corrected chi connectivity index (χ4v) is 3.44. The van der Waals surface area contributed by atoms with Crippen LogP contribution in [0.3, 0.4) is 0 Å². The van der Waals surface area contributed by atoms with Crippen molar-refractivity contribution in [3.63, 3.8) is 0 Å². The molecule has 3 aromatic rings. The maximum Gasteiger partial charge on any atom is 0.258 e. The summed E-state index contributed by atoms with van der Waals surface area (Å²) in [6.07, 6.45) is 3.98. The van der Waals surface area contributed by atoms with Gasteiger partial charge in [-0.15, -0.1) is 0 Å². The van der Waals surface area contributed by atoms with Crippen LogP contribution in [0.2, 0.25) is 5.02 Å². The molecule has 0 radical (unpaired) electrons. The van der Waals surface area contributed by atoms with Crippen LogP contribution in [-0.2, 0) is 6.42 Å². The van der Waals surface area contributed by atoms with Gasteiger partial charge in [-0.3, -0.25) is 0 Å². The Labute approximate surface area is 188 Å². The van der Waals surface area contributed by atoms with Gasteiger partial charge >= 0.3 is 0 Å². The molecule has 1 aromatic heterocycles. The number of nitrogens with two attached hydrogens (primary N) is 1. The van der Waals surface area contributed by atoms with E-state index in [1.807, 2.05) is 44.2 Å². The Bertz CT molecular complexity index is 988. The molecule has 2 N–H and O–H groups in total. The molecule has 0 atom stereocenters. The lowest BCUT2D eigenvalue weighted by Crippen LogP contribution is -2.05. The van der Waals surface area contributed by atoms with Crippen molar-refractivity contribution in [2.45, 2.75) is 52.6 Å². The number of unbranched alkanes of at least 4 members (excludes halogenated alkanes) is 2. The van der Waals surface area contributed by atoms with Gasteiger partial charge in [0.1, 0.15) is 11.5 Å². The van der Waals surface area contributed by atoms with Crippen LogP contribution in [0.25, 0.3) is 22.8 Å². The molecule has 0 bridgehead atoms. The first kappa shape index (κ1) is 23.1. The Balaban J connectivity index is 1.75. The summed E-state index contributed by atoms with van der Waals surface area (Å²) in [5.41, 5.74) is 8.31. The summed E-state index contributed by atoms with van der Waals surface area (Å²) >= 11 is 6.35. The van der Waals surface area contributed by atoms with Crippen molar-refractivity contribution in [3.8, 4) is 34.3 Å². The lowest BCUT2D eigenvalue weighted by Gasteiger charge is -2.11. The van der Waals surface area contributed by atoms with Crippen LogP contribution in [-0.4, -0.2) is 29.4 Å². The average Bonchev–Trinajstić information content (AvgIpc) is 3.24. The summed E-state index contributed by atoms with van der Waals surface area (Å²) in [6.45, 7) is 7.42. The van der Waals surface area contributed by atoms with Gasteiger partial charge in [0, 0.05) is 11.1 Å². The van der Waals surface area contributed by atoms with E-state index in [0.717, 1.165) is 54.7 Å². The zero-order valence-electron chi connectivity index (χ0n) is 18.4. The van der Waals surface area contributed by atoms with E-state index >= 15 is 0 Å². The molecule has 0 fully saturated rings. The van der Waals surface area contributed by atoms with Crippen molar-refractivity contribution in [3.05, 3.63) is 47.0 Å². The molecule has 6 nitrogen and oxygen atoms in total. The smallest absolute Gasteiger partial charge is 0.258 e. The van der Waals surface area contributed by atoms with Gasteiger partial charge in [-0.25, -0.2) is 0 Å². The van der Waals surface area contributed by atoms with Gasteiger partial charge < -0.3 is 19.7 Å². The highest BCUT2D eigenvalue weighted by Gasteiger charge is 2.16. The van der Waals surface area contributed by atoms with E-state index in [4.69, 9.17) is 31.3 Å². The summed E-state index contributed by atoms with van der Waals surface area (Å²) in [6, 6.07) is 11.4. The first-order valence-electron chi connectivity index (χ1n) is 10.8. The number of rotatable bonds is 11. The van der Waals surface area contributed by atoms with Gasteiger partial charge in [0.2, 0.25) is 5.82 Å². The molecule has 166 valence electrons. The lowest BCUT2D eigenvalue weighted by atomic mass is 10.0. The first-order chi connectivity index (χ1) is 15.0. The standard InChI is InChI=1S/C24H30ClN3O3/c1-4-17-14-19(29-13-7-5-6-12-26)9-10-20(17)23-27-24(31-28-23)18-8-11-22(21(25)15-18)30-16(2)3/h8-11,14-16H,4-7,12-13,26H2,1-3H3. The number of nitrogens with zero attached hydrogens (tertiary/aromatic N) is 2. The van der Waals surface area contributed by atoms with Crippen molar-refractivity contribution >= 4 is 11.6 Å². The van der Waals surface area contributed by atoms with Crippen LogP contribution in [0.15, 0.2) is 40.9 Å². The molecule has 1 heterocycles. The highest BCUT2D eigenvalue weighted by atomic mass is 35.5. The lowest BCUT2D eigenvalue weighted by molar-refractivity contribution is 0.242. The number of hydrogen-bond donors (Lipinski definition) is 1. The Morgan fingerprint density at radius 3 is 2.65 bits per heavy atom. The minimum atomic E-state index is 0.0451. The number of ether oxygens (including phenoxy) is 2. The monoisotopic (exact) mass is 443 g/mol. The molecular weight excluding hydrogens is 414 g/mol. The quantitative estimate of drug-likeness (QED) is 0.370. The van der Waals surface area contributed by atoms with E-state index in [2.05, 4.69) is 17.1 Å². The van der Waals surface area contributed by atoms with Crippen LogP contribution < -0.4 is 15.2 Å². The van der Waals surface area contributed by atoms with Crippen LogP contribution >= 0.6 is 11.6 Å². The van der Waals surface area contributed by atoms with Crippen molar-refractivity contribution < 1.29 is 14.0 Å². The van der Waals surface area contributed by atoms with Crippen LogP contribution in [0, 0.1) is 0 Å². The summed E-state index contributed by atoms with van der Waals surface area (Å²) in [4.78, 5) is 4.59. The maximum absolute atomic E-state index is 6.35. The van der Waals surface area contributed by atoms with Crippen LogP contribution in [0.1, 0.15) is 45.6 Å². The maximum atomic E-state index is 6.35. The molecular formula is C24H30ClN3O3. The number of aromatic nitrogens is 2. The number of aryl methyl sites for hydroxylation is 1. The third-order valence-corrected chi connectivity index (χ3v) is 5.08. The molecule has 31 heavy (non-hydrogen) atoms. The van der Waals surface area contributed by atoms with E-state index < -0.39 is 0 Å². The SMILES string of the molecule is CCc1cc(OCCCCCN)ccc1-c1noc(-c2ccc(OC(C)C)c(Cl)c2)n1. The van der Waals surface area contributed by atoms with E-state index in [-0.39, 0.29) is 6.10 Å². The van der Waals surface area contributed by atoms with Gasteiger partial charge in [-0.1, -0.05) is 23.7 Å². The molecule has 0 aliphatic rings. The van der Waals surface area contributed by atoms with Crippen LogP contribution in [0.5, 0.6) is 11.5 Å². The van der Waals surface area contributed by atoms with Gasteiger partial charge in [0.25, 0.3) is 5.89 Å². The van der Waals surface area contributed by atoms with E-state index in [9.17, 15) is 0 Å². The van der Waals surface area contributed by atoms with E-state index in [1.165, 1.54) is 0 Å². The predicted molar refractivity (Wildman–Crippen MR) is 124 cm³/mol. The Kier molecular flexibility index (Phi) is 8.32. The minimum Gasteiger partial charge on any atom is -0.494 e. The summed E-state index contributed by atoms with van der Waals surface area (Å²) in [5.74, 6) is 2.44. The number of benzene rings is 2.